The lowest BCUT2D eigenvalue weighted by Gasteiger charge is -2.26. The molecule has 0 bridgehead atoms. The fraction of sp³-hybridized carbons (Fsp3) is 0.481. The second-order valence-electron chi connectivity index (χ2n) is 8.78. The summed E-state index contributed by atoms with van der Waals surface area (Å²) in [6.45, 7) is 3.81. The van der Waals surface area contributed by atoms with Crippen molar-refractivity contribution in [1.29, 1.82) is 0 Å². The van der Waals surface area contributed by atoms with Crippen LogP contribution >= 0.6 is 0 Å². The van der Waals surface area contributed by atoms with Gasteiger partial charge in [0, 0.05) is 13.0 Å². The van der Waals surface area contributed by atoms with Crippen LogP contribution in [0.2, 0.25) is 0 Å². The molecule has 2 aromatic carbocycles. The number of carbonyl (C=O) groups is 2. The first kappa shape index (κ1) is 30.2. The van der Waals surface area contributed by atoms with Gasteiger partial charge < -0.3 is 40.2 Å². The van der Waals surface area contributed by atoms with Gasteiger partial charge in [-0.05, 0) is 24.0 Å². The van der Waals surface area contributed by atoms with E-state index in [2.05, 4.69) is 5.32 Å². The molecule has 204 valence electrons. The molecule has 0 aromatic heterocycles. The summed E-state index contributed by atoms with van der Waals surface area (Å²) < 4.78 is 19.9. The quantitative estimate of drug-likeness (QED) is 0.435. The van der Waals surface area contributed by atoms with Crippen LogP contribution in [0.15, 0.2) is 60.7 Å². The van der Waals surface area contributed by atoms with Crippen molar-refractivity contribution >= 4 is 12.1 Å². The zero-order valence-corrected chi connectivity index (χ0v) is 21.2. The molecule has 37 heavy (non-hydrogen) atoms. The minimum atomic E-state index is -0.516. The molecular formula is C27H38N2O8. The van der Waals surface area contributed by atoms with E-state index in [-0.39, 0.29) is 30.8 Å². The van der Waals surface area contributed by atoms with E-state index < -0.39 is 12.2 Å². The molecule has 2 fully saturated rings. The fourth-order valence-corrected chi connectivity index (χ4v) is 3.44. The van der Waals surface area contributed by atoms with E-state index in [1.165, 1.54) is 6.92 Å². The molecule has 0 spiro atoms. The molecule has 5 N–H and O–H groups in total. The maximum Gasteiger partial charge on any atom is 0.407 e. The number of nitrogens with one attached hydrogen (secondary N) is 1. The van der Waals surface area contributed by atoms with E-state index in [1.54, 1.807) is 0 Å². The third kappa shape index (κ3) is 14.3. The van der Waals surface area contributed by atoms with E-state index in [1.807, 2.05) is 60.7 Å². The van der Waals surface area contributed by atoms with E-state index in [4.69, 9.17) is 29.8 Å². The second kappa shape index (κ2) is 17.4. The number of nitrogens with two attached hydrogens (primary N) is 1. The second-order valence-corrected chi connectivity index (χ2v) is 8.78. The molecule has 10 heteroatoms. The van der Waals surface area contributed by atoms with Gasteiger partial charge in [0.2, 0.25) is 0 Å². The monoisotopic (exact) mass is 518 g/mol. The number of carbonyl (C=O) groups excluding carboxylic acids is 2. The molecule has 2 heterocycles. The zero-order valence-electron chi connectivity index (χ0n) is 21.2. The van der Waals surface area contributed by atoms with Crippen molar-refractivity contribution in [1.82, 2.24) is 5.32 Å². The zero-order chi connectivity index (χ0) is 26.9. The van der Waals surface area contributed by atoms with Crippen LogP contribution in [0.5, 0.6) is 0 Å². The van der Waals surface area contributed by atoms with Crippen molar-refractivity contribution in [3.8, 4) is 0 Å². The Morgan fingerprint density at radius 1 is 0.838 bits per heavy atom. The van der Waals surface area contributed by atoms with E-state index in [9.17, 15) is 14.7 Å². The Morgan fingerprint density at radius 3 is 1.81 bits per heavy atom. The number of aliphatic hydroxyl groups excluding tert-OH is 2. The predicted octanol–water partition coefficient (Wildman–Crippen LogP) is 1.91. The molecule has 4 unspecified atom stereocenters. The van der Waals surface area contributed by atoms with E-state index >= 15 is 0 Å². The molecule has 2 aromatic rings. The van der Waals surface area contributed by atoms with Gasteiger partial charge in [-0.1, -0.05) is 60.7 Å². The number of esters is 1. The lowest BCUT2D eigenvalue weighted by Crippen LogP contribution is -2.45. The van der Waals surface area contributed by atoms with Crippen molar-refractivity contribution in [2.45, 2.75) is 57.3 Å². The van der Waals surface area contributed by atoms with Crippen LogP contribution in [0.25, 0.3) is 0 Å². The van der Waals surface area contributed by atoms with Crippen LogP contribution in [-0.4, -0.2) is 73.0 Å². The minimum Gasteiger partial charge on any atom is -0.461 e. The van der Waals surface area contributed by atoms with E-state index in [0.717, 1.165) is 11.1 Å². The first-order valence-corrected chi connectivity index (χ1v) is 12.2. The highest BCUT2D eigenvalue weighted by Gasteiger charge is 2.22. The minimum absolute atomic E-state index is 0.0405. The number of benzene rings is 2. The van der Waals surface area contributed by atoms with Gasteiger partial charge >= 0.3 is 12.1 Å². The SMILES string of the molecule is CC(=O)OCc1ccccc1.NC1COCC(O)C1.O=C(NC1COCC(O)C1)OCc1ccccc1. The average Bonchev–Trinajstić information content (AvgIpc) is 2.88. The molecule has 0 aliphatic carbocycles. The molecule has 0 radical (unpaired) electrons. The topological polar surface area (TPSA) is 150 Å². The van der Waals surface area contributed by atoms with Gasteiger partial charge in [0.25, 0.3) is 0 Å². The highest BCUT2D eigenvalue weighted by molar-refractivity contribution is 5.67. The Morgan fingerprint density at radius 2 is 1.35 bits per heavy atom. The first-order chi connectivity index (χ1) is 17.8. The first-order valence-electron chi connectivity index (χ1n) is 12.2. The highest BCUT2D eigenvalue weighted by atomic mass is 16.6. The highest BCUT2D eigenvalue weighted by Crippen LogP contribution is 2.08. The van der Waals surface area contributed by atoms with Crippen molar-refractivity contribution in [3.05, 3.63) is 71.8 Å². The summed E-state index contributed by atoms with van der Waals surface area (Å²) in [6, 6.07) is 18.9. The smallest absolute Gasteiger partial charge is 0.407 e. The van der Waals surface area contributed by atoms with Crippen molar-refractivity contribution in [2.75, 3.05) is 26.4 Å². The number of hydrogen-bond donors (Lipinski definition) is 4. The van der Waals surface area contributed by atoms with Crippen LogP contribution in [0.4, 0.5) is 4.79 Å². The van der Waals surface area contributed by atoms with Gasteiger partial charge in [-0.15, -0.1) is 0 Å². The number of amides is 1. The van der Waals surface area contributed by atoms with Crippen LogP contribution in [0.1, 0.15) is 30.9 Å². The van der Waals surface area contributed by atoms with Crippen LogP contribution < -0.4 is 11.1 Å². The van der Waals surface area contributed by atoms with Crippen molar-refractivity contribution in [2.24, 2.45) is 5.73 Å². The molecule has 0 saturated carbocycles. The third-order valence-corrected chi connectivity index (χ3v) is 5.22. The van der Waals surface area contributed by atoms with E-state index in [0.29, 0.717) is 45.9 Å². The van der Waals surface area contributed by atoms with Crippen molar-refractivity contribution < 1.29 is 38.7 Å². The Bertz CT molecular complexity index is 892. The summed E-state index contributed by atoms with van der Waals surface area (Å²) in [7, 11) is 0. The number of aliphatic hydroxyl groups is 2. The van der Waals surface area contributed by atoms with Gasteiger partial charge in [-0.25, -0.2) is 4.79 Å². The Balaban J connectivity index is 0.000000215. The summed E-state index contributed by atoms with van der Waals surface area (Å²) >= 11 is 0. The fourth-order valence-electron chi connectivity index (χ4n) is 3.44. The lowest BCUT2D eigenvalue weighted by molar-refractivity contribution is -0.142. The normalized spacial score (nSPS) is 22.7. The summed E-state index contributed by atoms with van der Waals surface area (Å²) in [6.07, 6.45) is -0.154. The number of hydrogen-bond acceptors (Lipinski definition) is 9. The number of ether oxygens (including phenoxy) is 4. The number of rotatable bonds is 5. The van der Waals surface area contributed by atoms with Gasteiger partial charge in [0.05, 0.1) is 44.7 Å². The molecule has 1 amide bonds. The van der Waals surface area contributed by atoms with Crippen LogP contribution in [-0.2, 0) is 37.0 Å². The van der Waals surface area contributed by atoms with Gasteiger partial charge in [0.15, 0.2) is 0 Å². The molecule has 10 nitrogen and oxygen atoms in total. The third-order valence-electron chi connectivity index (χ3n) is 5.22. The Labute approximate surface area is 217 Å². The van der Waals surface area contributed by atoms with Crippen LogP contribution in [0.3, 0.4) is 0 Å². The van der Waals surface area contributed by atoms with Gasteiger partial charge in [0.1, 0.15) is 13.2 Å². The maximum absolute atomic E-state index is 11.5. The summed E-state index contributed by atoms with van der Waals surface area (Å²) in [5.74, 6) is -0.242. The molecule has 2 saturated heterocycles. The predicted molar refractivity (Wildman–Crippen MR) is 136 cm³/mol. The van der Waals surface area contributed by atoms with Gasteiger partial charge in [-0.3, -0.25) is 4.79 Å². The Hall–Kier alpha value is -3.02. The number of alkyl carbamates (subject to hydrolysis) is 1. The molecule has 2 aliphatic rings. The molecular weight excluding hydrogens is 480 g/mol. The summed E-state index contributed by atoms with van der Waals surface area (Å²) in [5, 5.41) is 20.9. The summed E-state index contributed by atoms with van der Waals surface area (Å²) in [4.78, 5) is 21.9. The molecule has 4 rings (SSSR count). The molecule has 2 aliphatic heterocycles. The molecule has 4 atom stereocenters. The van der Waals surface area contributed by atoms with Crippen LogP contribution in [0, 0.1) is 0 Å². The Kier molecular flexibility index (Phi) is 14.2. The summed E-state index contributed by atoms with van der Waals surface area (Å²) in [5.41, 5.74) is 7.39. The lowest BCUT2D eigenvalue weighted by atomic mass is 10.1. The average molecular weight is 519 g/mol. The van der Waals surface area contributed by atoms with Crippen molar-refractivity contribution in [3.63, 3.8) is 0 Å². The maximum atomic E-state index is 11.5. The standard InChI is InChI=1S/C13H17NO4.C9H10O2.C5H11NO2/c15-12-6-11(8-17-9-12)14-13(16)18-7-10-4-2-1-3-5-10;1-8(10)11-7-9-5-3-2-4-6-9;6-4-1-5(7)3-8-2-4/h1-5,11-12,15H,6-9H2,(H,14,16);2-6H,7H2,1H3;4-5,7H,1-3,6H2. The largest absolute Gasteiger partial charge is 0.461 e. The van der Waals surface area contributed by atoms with Gasteiger partial charge in [-0.2, -0.15) is 0 Å².